The summed E-state index contributed by atoms with van der Waals surface area (Å²) >= 11 is 1.52. The molecule has 2 aromatic rings. The highest BCUT2D eigenvalue weighted by molar-refractivity contribution is 7.16. The summed E-state index contributed by atoms with van der Waals surface area (Å²) in [4.78, 5) is 41.0. The van der Waals surface area contributed by atoms with E-state index in [-0.39, 0.29) is 29.2 Å². The molecule has 5 rings (SSSR count). The maximum absolute atomic E-state index is 13.8. The molecule has 0 unspecified atom stereocenters. The lowest BCUT2D eigenvalue weighted by Gasteiger charge is -2.42. The van der Waals surface area contributed by atoms with Crippen molar-refractivity contribution in [2.45, 2.75) is 71.1 Å². The lowest BCUT2D eigenvalue weighted by molar-refractivity contribution is -0.384. The number of anilines is 1. The topological polar surface area (TPSA) is 104 Å². The van der Waals surface area contributed by atoms with Crippen molar-refractivity contribution in [1.29, 1.82) is 5.26 Å². The molecule has 0 N–H and O–H groups in total. The number of benzene rings is 1. The van der Waals surface area contributed by atoms with E-state index in [1.54, 1.807) is 17.0 Å². The third-order valence-corrected chi connectivity index (χ3v) is 8.62. The van der Waals surface area contributed by atoms with Crippen LogP contribution in [0.4, 0.5) is 10.7 Å². The van der Waals surface area contributed by atoms with E-state index in [9.17, 15) is 25.0 Å². The van der Waals surface area contributed by atoms with Gasteiger partial charge < -0.3 is 0 Å². The molecule has 1 aliphatic heterocycles. The number of nitrogens with zero attached hydrogens (tertiary/aromatic N) is 3. The van der Waals surface area contributed by atoms with E-state index < -0.39 is 10.8 Å². The van der Waals surface area contributed by atoms with Crippen LogP contribution in [0.1, 0.15) is 79.9 Å². The first-order valence-electron chi connectivity index (χ1n) is 12.1. The number of fused-ring (bicyclic) bond motifs is 1. The van der Waals surface area contributed by atoms with Gasteiger partial charge in [-0.3, -0.25) is 24.6 Å². The number of nitriles is 1. The molecule has 0 bridgehead atoms. The lowest BCUT2D eigenvalue weighted by Crippen LogP contribution is -2.43. The number of nitro benzene ring substituents is 1. The highest BCUT2D eigenvalue weighted by atomic mass is 32.1. The van der Waals surface area contributed by atoms with Crippen LogP contribution in [0.3, 0.4) is 0 Å². The summed E-state index contributed by atoms with van der Waals surface area (Å²) in [6, 6.07) is 8.62. The maximum atomic E-state index is 13.8. The van der Waals surface area contributed by atoms with Gasteiger partial charge in [-0.2, -0.15) is 5.26 Å². The van der Waals surface area contributed by atoms with Gasteiger partial charge in [-0.15, -0.1) is 11.3 Å². The van der Waals surface area contributed by atoms with Gasteiger partial charge in [0.1, 0.15) is 11.1 Å². The Labute approximate surface area is 208 Å². The number of Topliss-reactive ketones (excluding diaryl/α,β-unsaturated/α-hetero) is 1. The number of carbonyl (C=O) groups is 2. The van der Waals surface area contributed by atoms with E-state index in [4.69, 9.17) is 0 Å². The fourth-order valence-corrected chi connectivity index (χ4v) is 7.17. The second-order valence-electron chi connectivity index (χ2n) is 10.5. The van der Waals surface area contributed by atoms with Crippen LogP contribution in [0.5, 0.6) is 0 Å². The van der Waals surface area contributed by atoms with Crippen molar-refractivity contribution in [3.8, 4) is 6.07 Å². The minimum absolute atomic E-state index is 0.0260. The average molecular weight is 490 g/mol. The largest absolute Gasteiger partial charge is 0.294 e. The first-order chi connectivity index (χ1) is 16.7. The third-order valence-electron chi connectivity index (χ3n) is 7.34. The molecular weight excluding hydrogens is 462 g/mol. The number of rotatable bonds is 3. The van der Waals surface area contributed by atoms with Crippen LogP contribution in [0.25, 0.3) is 0 Å². The van der Waals surface area contributed by atoms with Gasteiger partial charge in [0.15, 0.2) is 5.78 Å². The summed E-state index contributed by atoms with van der Waals surface area (Å²) in [6.45, 7) is 4.03. The van der Waals surface area contributed by atoms with Gasteiger partial charge in [-0.25, -0.2) is 0 Å². The Hall–Kier alpha value is -3.31. The molecule has 0 spiro atoms. The minimum Gasteiger partial charge on any atom is -0.294 e. The standard InChI is InChI=1S/C27H27N3O4S/c1-27(2)13-21-25(22(31)14-27)19(16-7-6-8-17(11-16)30(33)34)12-24(32)29(21)26-20(15-28)18-9-4-3-5-10-23(18)35-26/h6-8,11,19H,3-5,9-10,12-14H2,1-2H3/t19-/m0/s1. The van der Waals surface area contributed by atoms with Gasteiger partial charge in [0.05, 0.1) is 10.5 Å². The van der Waals surface area contributed by atoms with Crippen LogP contribution < -0.4 is 4.90 Å². The van der Waals surface area contributed by atoms with Crippen molar-refractivity contribution in [3.05, 3.63) is 67.2 Å². The van der Waals surface area contributed by atoms with Crippen LogP contribution in [-0.2, 0) is 22.4 Å². The van der Waals surface area contributed by atoms with Crippen molar-refractivity contribution >= 4 is 33.7 Å². The molecule has 0 saturated carbocycles. The van der Waals surface area contributed by atoms with Crippen molar-refractivity contribution in [1.82, 2.24) is 0 Å². The van der Waals surface area contributed by atoms with Crippen LogP contribution >= 0.6 is 11.3 Å². The Morgan fingerprint density at radius 3 is 2.69 bits per heavy atom. The van der Waals surface area contributed by atoms with Crippen molar-refractivity contribution < 1.29 is 14.5 Å². The SMILES string of the molecule is CC1(C)CC(=O)C2=C(C1)N(c1sc3c(c1C#N)CCCCC3)C(=O)C[C@H]2c1cccc([N+](=O)[O-])c1. The molecule has 1 amide bonds. The van der Waals surface area contributed by atoms with E-state index in [1.807, 2.05) is 13.8 Å². The Morgan fingerprint density at radius 1 is 1.17 bits per heavy atom. The predicted octanol–water partition coefficient (Wildman–Crippen LogP) is 5.96. The van der Waals surface area contributed by atoms with E-state index in [0.29, 0.717) is 40.2 Å². The molecule has 1 atom stereocenters. The van der Waals surface area contributed by atoms with Crippen LogP contribution in [0.15, 0.2) is 35.5 Å². The van der Waals surface area contributed by atoms with Crippen LogP contribution in [0, 0.1) is 26.9 Å². The molecule has 2 heterocycles. The van der Waals surface area contributed by atoms with E-state index in [2.05, 4.69) is 6.07 Å². The van der Waals surface area contributed by atoms with E-state index in [1.165, 1.54) is 28.3 Å². The Balaban J connectivity index is 1.70. The third kappa shape index (κ3) is 4.08. The fourth-order valence-electron chi connectivity index (χ4n) is 5.79. The zero-order valence-corrected chi connectivity index (χ0v) is 20.7. The number of thiophene rings is 1. The number of carbonyl (C=O) groups excluding carboxylic acids is 2. The summed E-state index contributed by atoms with van der Waals surface area (Å²) in [5.41, 5.74) is 3.06. The predicted molar refractivity (Wildman–Crippen MR) is 133 cm³/mol. The maximum Gasteiger partial charge on any atom is 0.269 e. The summed E-state index contributed by atoms with van der Waals surface area (Å²) < 4.78 is 0. The number of allylic oxidation sites excluding steroid dienone is 2. The van der Waals surface area contributed by atoms with Crippen molar-refractivity contribution in [2.24, 2.45) is 5.41 Å². The smallest absolute Gasteiger partial charge is 0.269 e. The van der Waals surface area contributed by atoms with E-state index >= 15 is 0 Å². The number of non-ortho nitro benzene ring substituents is 1. The van der Waals surface area contributed by atoms with E-state index in [0.717, 1.165) is 37.7 Å². The molecule has 35 heavy (non-hydrogen) atoms. The van der Waals surface area contributed by atoms with Gasteiger partial charge >= 0.3 is 0 Å². The first kappa shape index (κ1) is 23.4. The Kier molecular flexibility index (Phi) is 5.84. The molecule has 2 aliphatic carbocycles. The number of hydrogen-bond donors (Lipinski definition) is 0. The molecule has 0 fully saturated rings. The molecule has 180 valence electrons. The Morgan fingerprint density at radius 2 is 1.94 bits per heavy atom. The van der Waals surface area contributed by atoms with Crippen molar-refractivity contribution in [2.75, 3.05) is 4.90 Å². The first-order valence-corrected chi connectivity index (χ1v) is 12.9. The molecular formula is C27H27N3O4S. The van der Waals surface area contributed by atoms with Gasteiger partial charge in [0.25, 0.3) is 5.69 Å². The normalized spacial score (nSPS) is 21.7. The second-order valence-corrected chi connectivity index (χ2v) is 11.6. The molecule has 3 aliphatic rings. The molecule has 0 saturated heterocycles. The van der Waals surface area contributed by atoms with Gasteiger partial charge in [0.2, 0.25) is 5.91 Å². The number of nitro groups is 1. The summed E-state index contributed by atoms with van der Waals surface area (Å²) in [7, 11) is 0. The molecule has 8 heteroatoms. The van der Waals surface area contributed by atoms with Crippen LogP contribution in [-0.4, -0.2) is 16.6 Å². The molecule has 0 radical (unpaired) electrons. The summed E-state index contributed by atoms with van der Waals surface area (Å²) in [6.07, 6.45) is 5.89. The second kappa shape index (κ2) is 8.72. The number of hydrogen-bond acceptors (Lipinski definition) is 6. The molecule has 7 nitrogen and oxygen atoms in total. The van der Waals surface area contributed by atoms with Gasteiger partial charge in [-0.05, 0) is 48.6 Å². The zero-order valence-electron chi connectivity index (χ0n) is 19.9. The average Bonchev–Trinajstić information content (AvgIpc) is 2.97. The fraction of sp³-hybridized carbons (Fsp3) is 0.444. The highest BCUT2D eigenvalue weighted by Crippen LogP contribution is 2.51. The quantitative estimate of drug-likeness (QED) is 0.300. The highest BCUT2D eigenvalue weighted by Gasteiger charge is 2.45. The van der Waals surface area contributed by atoms with Crippen LogP contribution in [0.2, 0.25) is 0 Å². The zero-order chi connectivity index (χ0) is 24.9. The summed E-state index contributed by atoms with van der Waals surface area (Å²) in [5, 5.41) is 22.1. The van der Waals surface area contributed by atoms with Gasteiger partial charge in [0, 0.05) is 47.0 Å². The lowest BCUT2D eigenvalue weighted by atomic mass is 9.69. The number of ketones is 1. The Bertz CT molecular complexity index is 1330. The number of amides is 1. The minimum atomic E-state index is -0.527. The monoisotopic (exact) mass is 489 g/mol. The molecule has 1 aromatic heterocycles. The number of aryl methyl sites for hydroxylation is 1. The molecule has 1 aromatic carbocycles. The van der Waals surface area contributed by atoms with Gasteiger partial charge in [-0.1, -0.05) is 32.4 Å². The van der Waals surface area contributed by atoms with Crippen molar-refractivity contribution in [3.63, 3.8) is 0 Å². The summed E-state index contributed by atoms with van der Waals surface area (Å²) in [5.74, 6) is -0.721.